The van der Waals surface area contributed by atoms with Crippen LogP contribution in [-0.2, 0) is 27.9 Å². The smallest absolute Gasteiger partial charge is 0.241 e. The molecule has 2 aliphatic rings. The van der Waals surface area contributed by atoms with E-state index in [-0.39, 0.29) is 12.5 Å². The van der Waals surface area contributed by atoms with Gasteiger partial charge in [0.05, 0.1) is 11.9 Å². The SMILES string of the molecule is CS(=O)(=O)N(CC(=O)NCc1cccc(CN2CCCC2)c1)c1ccc2c(c1)OCCO2. The van der Waals surface area contributed by atoms with Gasteiger partial charge in [-0.15, -0.1) is 0 Å². The number of rotatable bonds is 8. The number of carbonyl (C=O) groups is 1. The lowest BCUT2D eigenvalue weighted by molar-refractivity contribution is -0.119. The molecular formula is C23H29N3O5S. The molecule has 2 aromatic carbocycles. The summed E-state index contributed by atoms with van der Waals surface area (Å²) in [5.41, 5.74) is 2.56. The molecule has 0 radical (unpaired) electrons. The van der Waals surface area contributed by atoms with E-state index in [1.54, 1.807) is 18.2 Å². The van der Waals surface area contributed by atoms with Crippen LogP contribution < -0.4 is 19.1 Å². The van der Waals surface area contributed by atoms with Gasteiger partial charge in [-0.25, -0.2) is 8.42 Å². The molecule has 1 saturated heterocycles. The molecule has 0 atom stereocenters. The Hall–Kier alpha value is -2.78. The number of ether oxygens (including phenoxy) is 2. The molecule has 0 aliphatic carbocycles. The van der Waals surface area contributed by atoms with E-state index in [1.807, 2.05) is 12.1 Å². The van der Waals surface area contributed by atoms with Crippen LogP contribution in [0.25, 0.3) is 0 Å². The van der Waals surface area contributed by atoms with E-state index >= 15 is 0 Å². The van der Waals surface area contributed by atoms with E-state index in [4.69, 9.17) is 9.47 Å². The molecule has 0 spiro atoms. The minimum Gasteiger partial charge on any atom is -0.486 e. The van der Waals surface area contributed by atoms with Crippen LogP contribution in [-0.4, -0.2) is 58.3 Å². The number of hydrogen-bond acceptors (Lipinski definition) is 6. The predicted molar refractivity (Wildman–Crippen MR) is 122 cm³/mol. The number of hydrogen-bond donors (Lipinski definition) is 1. The van der Waals surface area contributed by atoms with E-state index in [0.717, 1.165) is 35.8 Å². The van der Waals surface area contributed by atoms with Crippen molar-refractivity contribution in [1.29, 1.82) is 0 Å². The van der Waals surface area contributed by atoms with E-state index in [9.17, 15) is 13.2 Å². The van der Waals surface area contributed by atoms with Crippen molar-refractivity contribution in [2.45, 2.75) is 25.9 Å². The second kappa shape index (κ2) is 9.79. The minimum atomic E-state index is -3.67. The van der Waals surface area contributed by atoms with Crippen molar-refractivity contribution >= 4 is 21.6 Å². The third kappa shape index (κ3) is 5.72. The number of nitrogens with one attached hydrogen (secondary N) is 1. The molecule has 1 amide bonds. The lowest BCUT2D eigenvalue weighted by Gasteiger charge is -2.24. The predicted octanol–water partition coefficient (Wildman–Crippen LogP) is 2.14. The summed E-state index contributed by atoms with van der Waals surface area (Å²) in [5.74, 6) is 0.652. The highest BCUT2D eigenvalue weighted by atomic mass is 32.2. The molecular weight excluding hydrogens is 430 g/mol. The van der Waals surface area contributed by atoms with Crippen LogP contribution in [0.4, 0.5) is 5.69 Å². The molecule has 8 nitrogen and oxygen atoms in total. The quantitative estimate of drug-likeness (QED) is 0.651. The average molecular weight is 460 g/mol. The molecule has 0 aromatic heterocycles. The Morgan fingerprint density at radius 3 is 2.50 bits per heavy atom. The van der Waals surface area contributed by atoms with Gasteiger partial charge in [-0.05, 0) is 49.2 Å². The number of anilines is 1. The Morgan fingerprint density at radius 1 is 1.03 bits per heavy atom. The van der Waals surface area contributed by atoms with Gasteiger partial charge < -0.3 is 14.8 Å². The fourth-order valence-electron chi connectivity index (χ4n) is 4.01. The Bertz CT molecular complexity index is 1070. The van der Waals surface area contributed by atoms with Gasteiger partial charge in [-0.2, -0.15) is 0 Å². The maximum atomic E-state index is 12.6. The van der Waals surface area contributed by atoms with Gasteiger partial charge in [-0.3, -0.25) is 14.0 Å². The first-order chi connectivity index (χ1) is 15.4. The zero-order chi connectivity index (χ0) is 22.6. The molecule has 9 heteroatoms. The summed E-state index contributed by atoms with van der Waals surface area (Å²) >= 11 is 0. The molecule has 2 heterocycles. The highest BCUT2D eigenvalue weighted by Gasteiger charge is 2.23. The molecule has 1 fully saturated rings. The molecule has 0 saturated carbocycles. The second-order valence-corrected chi connectivity index (χ2v) is 10.1. The standard InChI is InChI=1S/C23H29N3O5S/c1-32(28,29)26(20-7-8-21-22(14-20)31-12-11-30-21)17-23(27)24-15-18-5-4-6-19(13-18)16-25-9-2-3-10-25/h4-8,13-14H,2-3,9-12,15-17H2,1H3,(H,24,27). The molecule has 0 unspecified atom stereocenters. The van der Waals surface area contributed by atoms with Crippen molar-refractivity contribution in [3.8, 4) is 11.5 Å². The first kappa shape index (κ1) is 22.4. The van der Waals surface area contributed by atoms with Gasteiger partial charge in [0.25, 0.3) is 0 Å². The van der Waals surface area contributed by atoms with Crippen molar-refractivity contribution in [1.82, 2.24) is 10.2 Å². The zero-order valence-corrected chi connectivity index (χ0v) is 19.1. The molecule has 2 aliphatic heterocycles. The lowest BCUT2D eigenvalue weighted by Crippen LogP contribution is -2.40. The van der Waals surface area contributed by atoms with Crippen molar-refractivity contribution in [2.24, 2.45) is 0 Å². The topological polar surface area (TPSA) is 88.2 Å². The monoisotopic (exact) mass is 459 g/mol. The molecule has 172 valence electrons. The summed E-state index contributed by atoms with van der Waals surface area (Å²) in [7, 11) is -3.67. The first-order valence-electron chi connectivity index (χ1n) is 10.8. The number of nitrogens with zero attached hydrogens (tertiary/aromatic N) is 2. The molecule has 1 N–H and O–H groups in total. The number of sulfonamides is 1. The van der Waals surface area contributed by atoms with Crippen molar-refractivity contribution < 1.29 is 22.7 Å². The van der Waals surface area contributed by atoms with Crippen LogP contribution in [0.15, 0.2) is 42.5 Å². The van der Waals surface area contributed by atoms with Crippen LogP contribution in [0.2, 0.25) is 0 Å². The number of likely N-dealkylation sites (tertiary alicyclic amines) is 1. The highest BCUT2D eigenvalue weighted by Crippen LogP contribution is 2.34. The summed E-state index contributed by atoms with van der Waals surface area (Å²) in [5, 5.41) is 2.84. The van der Waals surface area contributed by atoms with Gasteiger partial charge in [0, 0.05) is 19.2 Å². The fraction of sp³-hybridized carbons (Fsp3) is 0.435. The Kier molecular flexibility index (Phi) is 6.86. The third-order valence-corrected chi connectivity index (χ3v) is 6.73. The fourth-order valence-corrected chi connectivity index (χ4v) is 4.86. The maximum Gasteiger partial charge on any atom is 0.241 e. The van der Waals surface area contributed by atoms with Crippen LogP contribution in [0.3, 0.4) is 0 Å². The van der Waals surface area contributed by atoms with Gasteiger partial charge >= 0.3 is 0 Å². The van der Waals surface area contributed by atoms with Crippen molar-refractivity contribution in [3.63, 3.8) is 0 Å². The summed E-state index contributed by atoms with van der Waals surface area (Å²) in [6, 6.07) is 13.0. The van der Waals surface area contributed by atoms with Gasteiger partial charge in [-0.1, -0.05) is 24.3 Å². The van der Waals surface area contributed by atoms with Gasteiger partial charge in [0.1, 0.15) is 19.8 Å². The van der Waals surface area contributed by atoms with Crippen LogP contribution in [0, 0.1) is 0 Å². The lowest BCUT2D eigenvalue weighted by atomic mass is 10.1. The summed E-state index contributed by atoms with van der Waals surface area (Å²) in [6.07, 6.45) is 3.57. The Labute approximate surface area is 189 Å². The van der Waals surface area contributed by atoms with Crippen LogP contribution in [0.1, 0.15) is 24.0 Å². The number of carbonyl (C=O) groups excluding carboxylic acids is 1. The third-order valence-electron chi connectivity index (χ3n) is 5.59. The second-order valence-electron chi connectivity index (χ2n) is 8.18. The Morgan fingerprint density at radius 2 is 1.75 bits per heavy atom. The van der Waals surface area contributed by atoms with Gasteiger partial charge in [0.2, 0.25) is 15.9 Å². The molecule has 4 rings (SSSR count). The summed E-state index contributed by atoms with van der Waals surface area (Å²) < 4.78 is 36.9. The highest BCUT2D eigenvalue weighted by molar-refractivity contribution is 7.92. The minimum absolute atomic E-state index is 0.314. The number of fused-ring (bicyclic) bond motifs is 1. The van der Waals surface area contributed by atoms with Crippen molar-refractivity contribution in [3.05, 3.63) is 53.6 Å². The zero-order valence-electron chi connectivity index (χ0n) is 18.2. The number of benzene rings is 2. The molecule has 0 bridgehead atoms. The van der Waals surface area contributed by atoms with E-state index in [0.29, 0.717) is 36.9 Å². The Balaban J connectivity index is 1.39. The normalized spacial score (nSPS) is 16.0. The summed E-state index contributed by atoms with van der Waals surface area (Å²) in [4.78, 5) is 15.0. The van der Waals surface area contributed by atoms with Crippen molar-refractivity contribution in [2.75, 3.05) is 43.4 Å². The van der Waals surface area contributed by atoms with E-state index < -0.39 is 10.0 Å². The molecule has 32 heavy (non-hydrogen) atoms. The number of amides is 1. The largest absolute Gasteiger partial charge is 0.486 e. The van der Waals surface area contributed by atoms with Crippen LogP contribution in [0.5, 0.6) is 11.5 Å². The van der Waals surface area contributed by atoms with E-state index in [2.05, 4.69) is 22.3 Å². The summed E-state index contributed by atoms with van der Waals surface area (Å²) in [6.45, 7) is 4.03. The van der Waals surface area contributed by atoms with Crippen LogP contribution >= 0.6 is 0 Å². The first-order valence-corrected chi connectivity index (χ1v) is 12.7. The van der Waals surface area contributed by atoms with Gasteiger partial charge in [0.15, 0.2) is 11.5 Å². The average Bonchev–Trinajstić information content (AvgIpc) is 3.28. The maximum absolute atomic E-state index is 12.6. The molecule has 2 aromatic rings. The van der Waals surface area contributed by atoms with E-state index in [1.165, 1.54) is 18.4 Å².